The number of fused-ring (bicyclic) bond motifs is 5. The van der Waals surface area contributed by atoms with Crippen LogP contribution in [0.15, 0.2) is 67.0 Å². The first-order chi connectivity index (χ1) is 12.3. The van der Waals surface area contributed by atoms with Crippen molar-refractivity contribution in [2.45, 2.75) is 25.2 Å². The zero-order chi connectivity index (χ0) is 16.8. The van der Waals surface area contributed by atoms with Gasteiger partial charge in [0.25, 0.3) is 0 Å². The Morgan fingerprint density at radius 1 is 0.840 bits per heavy atom. The minimum Gasteiger partial charge on any atom is -0.265 e. The van der Waals surface area contributed by atoms with Crippen LogP contribution >= 0.6 is 11.6 Å². The molecule has 0 bridgehead atoms. The Morgan fingerprint density at radius 3 is 2.52 bits per heavy atom. The summed E-state index contributed by atoms with van der Waals surface area (Å²) in [5, 5.41) is 6.05. The molecule has 1 aliphatic carbocycles. The average molecular weight is 344 g/mol. The molecule has 5 rings (SSSR count). The van der Waals surface area contributed by atoms with Crippen LogP contribution in [0, 0.1) is 0 Å². The Labute approximate surface area is 152 Å². The van der Waals surface area contributed by atoms with E-state index in [1.165, 1.54) is 44.7 Å². The predicted molar refractivity (Wildman–Crippen MR) is 105 cm³/mol. The normalized spacial score (nSPS) is 16.9. The van der Waals surface area contributed by atoms with Gasteiger partial charge < -0.3 is 0 Å². The number of halogens is 1. The summed E-state index contributed by atoms with van der Waals surface area (Å²) >= 11 is 6.16. The van der Waals surface area contributed by atoms with Crippen molar-refractivity contribution in [3.63, 3.8) is 0 Å². The Bertz CT molecular complexity index is 1090. The number of hydrogen-bond donors (Lipinski definition) is 0. The molecule has 0 saturated heterocycles. The highest BCUT2D eigenvalue weighted by Gasteiger charge is 2.22. The number of rotatable bonds is 1. The first-order valence-electron chi connectivity index (χ1n) is 8.82. The summed E-state index contributed by atoms with van der Waals surface area (Å²) in [6.07, 6.45) is 7.27. The van der Waals surface area contributed by atoms with E-state index in [1.54, 1.807) is 0 Å². The average Bonchev–Trinajstić information content (AvgIpc) is 2.67. The van der Waals surface area contributed by atoms with Gasteiger partial charge in [0, 0.05) is 17.4 Å². The lowest BCUT2D eigenvalue weighted by atomic mass is 9.78. The van der Waals surface area contributed by atoms with Gasteiger partial charge in [-0.05, 0) is 87.7 Å². The predicted octanol–water partition coefficient (Wildman–Crippen LogP) is 6.31. The van der Waals surface area contributed by atoms with Crippen LogP contribution in [0.2, 0.25) is 5.02 Å². The van der Waals surface area contributed by atoms with Crippen molar-refractivity contribution in [3.05, 3.63) is 88.7 Å². The third-order valence-electron chi connectivity index (χ3n) is 5.57. The fourth-order valence-corrected chi connectivity index (χ4v) is 4.50. The van der Waals surface area contributed by atoms with Crippen molar-refractivity contribution >= 4 is 33.1 Å². The molecule has 3 aromatic carbocycles. The minimum absolute atomic E-state index is 0.604. The highest BCUT2D eigenvalue weighted by molar-refractivity contribution is 6.31. The molecule has 0 spiro atoms. The molecule has 0 fully saturated rings. The van der Waals surface area contributed by atoms with Crippen LogP contribution in [0.1, 0.15) is 29.0 Å². The summed E-state index contributed by atoms with van der Waals surface area (Å²) in [5.74, 6) is 0.604. The number of hydrogen-bond acceptors (Lipinski definition) is 1. The fourth-order valence-electron chi connectivity index (χ4n) is 4.32. The second-order valence-corrected chi connectivity index (χ2v) is 7.39. The minimum atomic E-state index is 0.604. The Morgan fingerprint density at radius 2 is 1.64 bits per heavy atom. The third-order valence-corrected chi connectivity index (χ3v) is 5.81. The van der Waals surface area contributed by atoms with Crippen LogP contribution in [0.3, 0.4) is 0 Å². The maximum Gasteiger partial charge on any atom is 0.0412 e. The molecule has 0 radical (unpaired) electrons. The van der Waals surface area contributed by atoms with E-state index in [0.717, 1.165) is 17.9 Å². The van der Waals surface area contributed by atoms with Gasteiger partial charge in [-0.3, -0.25) is 4.98 Å². The van der Waals surface area contributed by atoms with Crippen LogP contribution in [0.5, 0.6) is 0 Å². The molecule has 0 aliphatic heterocycles. The van der Waals surface area contributed by atoms with Crippen LogP contribution in [-0.2, 0) is 12.8 Å². The first-order valence-corrected chi connectivity index (χ1v) is 9.20. The van der Waals surface area contributed by atoms with E-state index in [4.69, 9.17) is 11.6 Å². The molecule has 1 aromatic heterocycles. The molecule has 1 atom stereocenters. The van der Waals surface area contributed by atoms with Crippen LogP contribution in [-0.4, -0.2) is 4.98 Å². The second kappa shape index (κ2) is 5.86. The summed E-state index contributed by atoms with van der Waals surface area (Å²) in [6, 6.07) is 19.6. The summed E-state index contributed by atoms with van der Waals surface area (Å²) in [7, 11) is 0. The molecular formula is C23H18ClN. The Balaban J connectivity index is 1.63. The van der Waals surface area contributed by atoms with Crippen molar-refractivity contribution in [1.29, 1.82) is 0 Å². The van der Waals surface area contributed by atoms with Gasteiger partial charge in [0.2, 0.25) is 0 Å². The van der Waals surface area contributed by atoms with Gasteiger partial charge in [-0.1, -0.05) is 41.9 Å². The molecule has 1 nitrogen and oxygen atoms in total. The second-order valence-electron chi connectivity index (χ2n) is 6.95. The van der Waals surface area contributed by atoms with E-state index in [2.05, 4.69) is 53.5 Å². The van der Waals surface area contributed by atoms with Gasteiger partial charge in [0.1, 0.15) is 0 Å². The number of benzene rings is 3. The molecule has 1 unspecified atom stereocenters. The number of aromatic nitrogens is 1. The van der Waals surface area contributed by atoms with E-state index >= 15 is 0 Å². The molecule has 0 amide bonds. The SMILES string of the molecule is Clc1ccc2c(ccc3c4c(ccc32)CC(c2ccncc2)CC4)c1. The van der Waals surface area contributed by atoms with Crippen molar-refractivity contribution in [2.75, 3.05) is 0 Å². The van der Waals surface area contributed by atoms with E-state index in [0.29, 0.717) is 5.92 Å². The topological polar surface area (TPSA) is 12.9 Å². The standard InChI is InChI=1S/C23H18ClN/c24-19-4-8-21-18(14-19)3-7-22-20-5-1-16(15-9-11-25-12-10-15)13-17(20)2-6-23(21)22/h2-4,6-12,14,16H,1,5,13H2. The molecule has 0 N–H and O–H groups in total. The van der Waals surface area contributed by atoms with Crippen LogP contribution < -0.4 is 0 Å². The fraction of sp³-hybridized carbons (Fsp3) is 0.174. The lowest BCUT2D eigenvalue weighted by Gasteiger charge is -2.26. The van der Waals surface area contributed by atoms with Crippen molar-refractivity contribution in [3.8, 4) is 0 Å². The monoisotopic (exact) mass is 343 g/mol. The smallest absolute Gasteiger partial charge is 0.0412 e. The largest absolute Gasteiger partial charge is 0.265 e. The first kappa shape index (κ1) is 14.9. The molecule has 1 heterocycles. The summed E-state index contributed by atoms with van der Waals surface area (Å²) in [4.78, 5) is 4.15. The third kappa shape index (κ3) is 2.51. The van der Waals surface area contributed by atoms with E-state index in [-0.39, 0.29) is 0 Å². The van der Waals surface area contributed by atoms with Gasteiger partial charge in [-0.2, -0.15) is 0 Å². The Kier molecular flexibility index (Phi) is 3.50. The molecule has 0 saturated carbocycles. The lowest BCUT2D eigenvalue weighted by molar-refractivity contribution is 0.587. The van der Waals surface area contributed by atoms with Gasteiger partial charge >= 0.3 is 0 Å². The maximum atomic E-state index is 6.16. The zero-order valence-electron chi connectivity index (χ0n) is 13.9. The number of pyridine rings is 1. The highest BCUT2D eigenvalue weighted by Crippen LogP contribution is 2.38. The number of aryl methyl sites for hydroxylation is 1. The van der Waals surface area contributed by atoms with Gasteiger partial charge in [0.15, 0.2) is 0 Å². The molecule has 25 heavy (non-hydrogen) atoms. The molecule has 4 aromatic rings. The van der Waals surface area contributed by atoms with Crippen LogP contribution in [0.4, 0.5) is 0 Å². The van der Waals surface area contributed by atoms with E-state index in [1.807, 2.05) is 18.5 Å². The quantitative estimate of drug-likeness (QED) is 0.369. The van der Waals surface area contributed by atoms with E-state index < -0.39 is 0 Å². The highest BCUT2D eigenvalue weighted by atomic mass is 35.5. The maximum absolute atomic E-state index is 6.16. The van der Waals surface area contributed by atoms with E-state index in [9.17, 15) is 0 Å². The van der Waals surface area contributed by atoms with Gasteiger partial charge in [-0.15, -0.1) is 0 Å². The van der Waals surface area contributed by atoms with Gasteiger partial charge in [0.05, 0.1) is 0 Å². The summed E-state index contributed by atoms with van der Waals surface area (Å²) < 4.78 is 0. The molecule has 1 aliphatic rings. The zero-order valence-corrected chi connectivity index (χ0v) is 14.6. The van der Waals surface area contributed by atoms with Crippen molar-refractivity contribution in [1.82, 2.24) is 4.98 Å². The Hall–Kier alpha value is -2.38. The lowest BCUT2D eigenvalue weighted by Crippen LogP contribution is -2.13. The summed E-state index contributed by atoms with van der Waals surface area (Å²) in [6.45, 7) is 0. The summed E-state index contributed by atoms with van der Waals surface area (Å²) in [5.41, 5.74) is 4.43. The van der Waals surface area contributed by atoms with Gasteiger partial charge in [-0.25, -0.2) is 0 Å². The number of nitrogens with zero attached hydrogens (tertiary/aromatic N) is 1. The van der Waals surface area contributed by atoms with Crippen molar-refractivity contribution < 1.29 is 0 Å². The van der Waals surface area contributed by atoms with Crippen molar-refractivity contribution in [2.24, 2.45) is 0 Å². The van der Waals surface area contributed by atoms with Crippen LogP contribution in [0.25, 0.3) is 21.5 Å². The molecular weight excluding hydrogens is 326 g/mol. The molecule has 122 valence electrons. The molecule has 2 heteroatoms.